The molecule has 0 unspecified atom stereocenters. The fraction of sp³-hybridized carbons (Fsp3) is 0.619. The number of morpholine rings is 1. The normalized spacial score (nSPS) is 20.8. The van der Waals surface area contributed by atoms with Crippen molar-refractivity contribution in [2.45, 2.75) is 38.8 Å². The van der Waals surface area contributed by atoms with Crippen molar-refractivity contribution < 1.29 is 32.4 Å². The van der Waals surface area contributed by atoms with E-state index in [4.69, 9.17) is 9.47 Å². The lowest BCUT2D eigenvalue weighted by molar-refractivity contribution is -0.384. The number of nitro groups is 1. The highest BCUT2D eigenvalue weighted by Gasteiger charge is 2.37. The van der Waals surface area contributed by atoms with E-state index in [1.807, 2.05) is 18.7 Å². The Hall–Kier alpha value is -2.73. The lowest BCUT2D eigenvalue weighted by atomic mass is 10.1. The number of nitrogens with zero attached hydrogens (tertiary/aromatic N) is 3. The molecule has 1 amide bonds. The third-order valence-electron chi connectivity index (χ3n) is 6.04. The molecule has 11 nitrogen and oxygen atoms in total. The van der Waals surface area contributed by atoms with E-state index < -0.39 is 39.3 Å². The first-order valence-electron chi connectivity index (χ1n) is 10.9. The molecule has 1 aromatic rings. The second kappa shape index (κ2) is 10.5. The number of nitro benzene ring substituents is 1. The van der Waals surface area contributed by atoms with Gasteiger partial charge in [0.25, 0.3) is 11.6 Å². The van der Waals surface area contributed by atoms with Crippen molar-refractivity contribution in [3.05, 3.63) is 33.9 Å². The maximum atomic E-state index is 13.0. The second-order valence-electron chi connectivity index (χ2n) is 8.25. The number of esters is 1. The van der Waals surface area contributed by atoms with Crippen LogP contribution >= 0.6 is 0 Å². The molecule has 0 spiro atoms. The molecular formula is C21H29N3O8S. The Morgan fingerprint density at radius 1 is 1.33 bits per heavy atom. The SMILES string of the molecule is CC[C@H](C)N(C(=O)COC(=O)c1cc([N+](=O)[O-])ccc1N1CCOCC1)[C@H]1CCS(=O)(=O)C1. The second-order valence-corrected chi connectivity index (χ2v) is 10.5. The minimum Gasteiger partial charge on any atom is -0.452 e. The van der Waals surface area contributed by atoms with Crippen LogP contribution in [-0.2, 0) is 24.1 Å². The Labute approximate surface area is 192 Å². The molecule has 0 aromatic heterocycles. The van der Waals surface area contributed by atoms with Gasteiger partial charge in [-0.1, -0.05) is 6.92 Å². The highest BCUT2D eigenvalue weighted by Crippen LogP contribution is 2.27. The van der Waals surface area contributed by atoms with Gasteiger partial charge in [-0.15, -0.1) is 0 Å². The molecule has 2 aliphatic rings. The van der Waals surface area contributed by atoms with Gasteiger partial charge in [0.15, 0.2) is 16.4 Å². The summed E-state index contributed by atoms with van der Waals surface area (Å²) in [6.07, 6.45) is 0.959. The highest BCUT2D eigenvalue weighted by molar-refractivity contribution is 7.91. The van der Waals surface area contributed by atoms with Crippen LogP contribution in [0, 0.1) is 10.1 Å². The number of anilines is 1. The molecule has 2 aliphatic heterocycles. The van der Waals surface area contributed by atoms with Crippen LogP contribution in [0.2, 0.25) is 0 Å². The van der Waals surface area contributed by atoms with Crippen molar-refractivity contribution in [2.75, 3.05) is 49.3 Å². The molecule has 2 fully saturated rings. The molecule has 3 rings (SSSR count). The molecule has 0 bridgehead atoms. The van der Waals surface area contributed by atoms with Crippen molar-refractivity contribution in [1.29, 1.82) is 0 Å². The summed E-state index contributed by atoms with van der Waals surface area (Å²) in [5.41, 5.74) is 0.210. The first kappa shape index (κ1) is 24.9. The van der Waals surface area contributed by atoms with Crippen molar-refractivity contribution in [3.8, 4) is 0 Å². The molecule has 2 heterocycles. The van der Waals surface area contributed by atoms with Gasteiger partial charge in [-0.2, -0.15) is 0 Å². The quantitative estimate of drug-likeness (QED) is 0.305. The van der Waals surface area contributed by atoms with Gasteiger partial charge in [0.05, 0.1) is 40.9 Å². The molecular weight excluding hydrogens is 454 g/mol. The third-order valence-corrected chi connectivity index (χ3v) is 7.80. The zero-order valence-corrected chi connectivity index (χ0v) is 19.6. The van der Waals surface area contributed by atoms with Crippen molar-refractivity contribution in [3.63, 3.8) is 0 Å². The standard InChI is InChI=1S/C21H29N3O8S/c1-3-15(2)23(17-6-11-33(29,30)14-17)20(25)13-32-21(26)18-12-16(24(27)28)4-5-19(18)22-7-9-31-10-8-22/h4-5,12,15,17H,3,6-11,13-14H2,1-2H3/t15-,17-/m0/s1. The third kappa shape index (κ3) is 5.99. The lowest BCUT2D eigenvalue weighted by Gasteiger charge is -2.33. The predicted octanol–water partition coefficient (Wildman–Crippen LogP) is 1.40. The number of amides is 1. The van der Waals surface area contributed by atoms with Gasteiger partial charge < -0.3 is 19.3 Å². The average molecular weight is 484 g/mol. The molecule has 0 radical (unpaired) electrons. The van der Waals surface area contributed by atoms with Gasteiger partial charge >= 0.3 is 5.97 Å². The zero-order chi connectivity index (χ0) is 24.2. The van der Waals surface area contributed by atoms with E-state index in [0.717, 1.165) is 6.07 Å². The van der Waals surface area contributed by atoms with Gasteiger partial charge in [0.2, 0.25) is 0 Å². The van der Waals surface area contributed by atoms with Crippen LogP contribution in [0.3, 0.4) is 0 Å². The van der Waals surface area contributed by atoms with Gasteiger partial charge in [0.1, 0.15) is 0 Å². The number of carbonyl (C=O) groups is 2. The maximum absolute atomic E-state index is 13.0. The Balaban J connectivity index is 1.77. The average Bonchev–Trinajstić information content (AvgIpc) is 3.16. The Morgan fingerprint density at radius 3 is 2.61 bits per heavy atom. The van der Waals surface area contributed by atoms with Crippen molar-refractivity contribution in [1.82, 2.24) is 4.90 Å². The Kier molecular flexibility index (Phi) is 7.90. The summed E-state index contributed by atoms with van der Waals surface area (Å²) in [6, 6.07) is 3.27. The largest absolute Gasteiger partial charge is 0.452 e. The number of rotatable bonds is 8. The van der Waals surface area contributed by atoms with Crippen molar-refractivity contribution in [2.24, 2.45) is 0 Å². The van der Waals surface area contributed by atoms with Crippen LogP contribution in [0.4, 0.5) is 11.4 Å². The number of hydrogen-bond acceptors (Lipinski definition) is 9. The molecule has 2 atom stereocenters. The lowest BCUT2D eigenvalue weighted by Crippen LogP contribution is -2.48. The van der Waals surface area contributed by atoms with E-state index in [2.05, 4.69) is 0 Å². The summed E-state index contributed by atoms with van der Waals surface area (Å²) in [7, 11) is -3.20. The number of sulfone groups is 1. The van der Waals surface area contributed by atoms with Crippen LogP contribution in [0.25, 0.3) is 0 Å². The molecule has 0 N–H and O–H groups in total. The first-order valence-corrected chi connectivity index (χ1v) is 12.7. The topological polar surface area (TPSA) is 136 Å². The summed E-state index contributed by atoms with van der Waals surface area (Å²) in [4.78, 5) is 39.9. The van der Waals surface area contributed by atoms with Crippen LogP contribution in [0.15, 0.2) is 18.2 Å². The zero-order valence-electron chi connectivity index (χ0n) is 18.8. The highest BCUT2D eigenvalue weighted by atomic mass is 32.2. The summed E-state index contributed by atoms with van der Waals surface area (Å²) < 4.78 is 34.4. The Bertz CT molecular complexity index is 1010. The fourth-order valence-corrected chi connectivity index (χ4v) is 5.87. The van der Waals surface area contributed by atoms with Crippen LogP contribution in [0.1, 0.15) is 37.0 Å². The summed E-state index contributed by atoms with van der Waals surface area (Å²) in [5.74, 6) is -1.42. The van der Waals surface area contributed by atoms with Crippen LogP contribution < -0.4 is 4.90 Å². The van der Waals surface area contributed by atoms with E-state index in [1.54, 1.807) is 0 Å². The van der Waals surface area contributed by atoms with Gasteiger partial charge in [-0.3, -0.25) is 14.9 Å². The molecule has 12 heteroatoms. The van der Waals surface area contributed by atoms with E-state index in [9.17, 15) is 28.1 Å². The Morgan fingerprint density at radius 2 is 2.03 bits per heavy atom. The van der Waals surface area contributed by atoms with E-state index in [0.29, 0.717) is 44.8 Å². The number of ether oxygens (including phenoxy) is 2. The molecule has 33 heavy (non-hydrogen) atoms. The predicted molar refractivity (Wildman–Crippen MR) is 120 cm³/mol. The van der Waals surface area contributed by atoms with E-state index in [-0.39, 0.29) is 28.8 Å². The maximum Gasteiger partial charge on any atom is 0.341 e. The number of benzene rings is 1. The summed E-state index contributed by atoms with van der Waals surface area (Å²) >= 11 is 0. The van der Waals surface area contributed by atoms with E-state index >= 15 is 0 Å². The van der Waals surface area contributed by atoms with Gasteiger partial charge in [-0.05, 0) is 25.8 Å². The molecule has 2 saturated heterocycles. The summed E-state index contributed by atoms with van der Waals surface area (Å²) in [5, 5.41) is 11.2. The smallest absolute Gasteiger partial charge is 0.341 e. The van der Waals surface area contributed by atoms with Gasteiger partial charge in [-0.25, -0.2) is 13.2 Å². The number of carbonyl (C=O) groups excluding carboxylic acids is 2. The van der Waals surface area contributed by atoms with E-state index in [1.165, 1.54) is 17.0 Å². The monoisotopic (exact) mass is 483 g/mol. The minimum absolute atomic E-state index is 0.00238. The van der Waals surface area contributed by atoms with Gasteiger partial charge in [0, 0.05) is 37.3 Å². The number of non-ortho nitro benzene ring substituents is 1. The van der Waals surface area contributed by atoms with Crippen LogP contribution in [-0.4, -0.2) is 86.6 Å². The molecule has 1 aromatic carbocycles. The molecule has 0 saturated carbocycles. The summed E-state index contributed by atoms with van der Waals surface area (Å²) in [6.45, 7) is 5.06. The van der Waals surface area contributed by atoms with Crippen LogP contribution in [0.5, 0.6) is 0 Å². The number of hydrogen-bond donors (Lipinski definition) is 0. The molecule has 0 aliphatic carbocycles. The fourth-order valence-electron chi connectivity index (χ4n) is 4.16. The van der Waals surface area contributed by atoms with Crippen molar-refractivity contribution >= 4 is 33.1 Å². The molecule has 182 valence electrons. The first-order chi connectivity index (χ1) is 15.6. The minimum atomic E-state index is -3.20.